The fourth-order valence-corrected chi connectivity index (χ4v) is 2.41. The summed E-state index contributed by atoms with van der Waals surface area (Å²) in [6, 6.07) is 0. The molecule has 166 valence electrons. The van der Waals surface area contributed by atoms with Crippen LogP contribution in [0.5, 0.6) is 0 Å². The highest BCUT2D eigenvalue weighted by molar-refractivity contribution is 5.66. The minimum absolute atomic E-state index is 0.0334. The molecule has 0 amide bonds. The van der Waals surface area contributed by atoms with Crippen LogP contribution in [-0.2, 0) is 38.0 Å². The number of nitrogens with zero attached hydrogens (tertiary/aromatic N) is 3. The van der Waals surface area contributed by atoms with Gasteiger partial charge in [0.1, 0.15) is 24.9 Å². The fraction of sp³-hybridized carbons (Fsp3) is 0.875. The van der Waals surface area contributed by atoms with Gasteiger partial charge in [0.05, 0.1) is 33.0 Å². The standard InChI is InChI=1S/C16H27N3O10/c1-10(20)27-9-12-15(28-11(2)21)13(22)14(23)16(29-12)26-8-7-25-6-5-24-4-3-18-19-17/h12-16,22-23H,3-9H2,1-2H3/t12?,13?,14-,15-,16+/m0/s1. The van der Waals surface area contributed by atoms with E-state index in [2.05, 4.69) is 10.0 Å². The van der Waals surface area contributed by atoms with E-state index in [4.69, 9.17) is 34.0 Å². The van der Waals surface area contributed by atoms with Crippen molar-refractivity contribution in [2.75, 3.05) is 46.2 Å². The molecule has 2 unspecified atom stereocenters. The Hall–Kier alpha value is -1.99. The van der Waals surface area contributed by atoms with E-state index in [1.165, 1.54) is 6.92 Å². The van der Waals surface area contributed by atoms with Crippen LogP contribution in [0.1, 0.15) is 13.8 Å². The molecule has 1 aliphatic rings. The number of carbonyl (C=O) groups excluding carboxylic acids is 2. The predicted molar refractivity (Wildman–Crippen MR) is 94.5 cm³/mol. The Bertz CT molecular complexity index is 557. The first-order chi connectivity index (χ1) is 13.9. The molecule has 0 bridgehead atoms. The van der Waals surface area contributed by atoms with E-state index < -0.39 is 42.6 Å². The largest absolute Gasteiger partial charge is 0.463 e. The second-order valence-corrected chi connectivity index (χ2v) is 5.95. The van der Waals surface area contributed by atoms with Crippen LogP contribution in [0.15, 0.2) is 5.11 Å². The second kappa shape index (κ2) is 14.1. The molecule has 0 radical (unpaired) electrons. The zero-order valence-corrected chi connectivity index (χ0v) is 16.3. The van der Waals surface area contributed by atoms with E-state index in [1.807, 2.05) is 0 Å². The molecule has 13 heteroatoms. The summed E-state index contributed by atoms with van der Waals surface area (Å²) in [5.41, 5.74) is 8.11. The minimum atomic E-state index is -1.50. The molecule has 5 atom stereocenters. The topological polar surface area (TPSA) is 179 Å². The van der Waals surface area contributed by atoms with Gasteiger partial charge >= 0.3 is 11.9 Å². The highest BCUT2D eigenvalue weighted by Crippen LogP contribution is 2.25. The van der Waals surface area contributed by atoms with Crippen molar-refractivity contribution >= 4 is 11.9 Å². The summed E-state index contributed by atoms with van der Waals surface area (Å²) in [6.07, 6.45) is -6.46. The van der Waals surface area contributed by atoms with Gasteiger partial charge in [-0.25, -0.2) is 0 Å². The van der Waals surface area contributed by atoms with Gasteiger partial charge < -0.3 is 38.6 Å². The maximum absolute atomic E-state index is 11.2. The van der Waals surface area contributed by atoms with Crippen LogP contribution in [0.3, 0.4) is 0 Å². The SMILES string of the molecule is CC(=O)OCC1O[C@@H](OCCOCCOCCN=[N+]=[N-])[C@@H](O)C(O)[C@H]1OC(C)=O. The van der Waals surface area contributed by atoms with Gasteiger partial charge in [-0.1, -0.05) is 5.11 Å². The molecule has 2 N–H and O–H groups in total. The predicted octanol–water partition coefficient (Wildman–Crippen LogP) is -0.712. The van der Waals surface area contributed by atoms with Crippen molar-refractivity contribution in [1.29, 1.82) is 0 Å². The van der Waals surface area contributed by atoms with E-state index in [-0.39, 0.29) is 39.6 Å². The number of esters is 2. The van der Waals surface area contributed by atoms with Gasteiger partial charge in [0, 0.05) is 25.3 Å². The van der Waals surface area contributed by atoms with Crippen molar-refractivity contribution in [3.05, 3.63) is 10.4 Å². The fourth-order valence-electron chi connectivity index (χ4n) is 2.41. The summed E-state index contributed by atoms with van der Waals surface area (Å²) in [5, 5.41) is 23.7. The number of hydrogen-bond acceptors (Lipinski definition) is 11. The lowest BCUT2D eigenvalue weighted by atomic mass is 9.99. The Kier molecular flexibility index (Phi) is 12.1. The van der Waals surface area contributed by atoms with Crippen molar-refractivity contribution < 1.29 is 48.2 Å². The van der Waals surface area contributed by atoms with Crippen molar-refractivity contribution in [1.82, 2.24) is 0 Å². The first-order valence-electron chi connectivity index (χ1n) is 8.97. The van der Waals surface area contributed by atoms with Gasteiger partial charge in [-0.2, -0.15) is 0 Å². The maximum Gasteiger partial charge on any atom is 0.303 e. The average Bonchev–Trinajstić information content (AvgIpc) is 2.67. The zero-order chi connectivity index (χ0) is 21.6. The molecule has 1 heterocycles. The Balaban J connectivity index is 2.39. The van der Waals surface area contributed by atoms with Gasteiger partial charge in [-0.3, -0.25) is 9.59 Å². The number of ether oxygens (including phenoxy) is 6. The number of azide groups is 1. The number of aliphatic hydroxyl groups is 2. The lowest BCUT2D eigenvalue weighted by molar-refractivity contribution is -0.305. The van der Waals surface area contributed by atoms with Crippen LogP contribution in [0.2, 0.25) is 0 Å². The molecular formula is C16H27N3O10. The lowest BCUT2D eigenvalue weighted by Gasteiger charge is -2.41. The van der Waals surface area contributed by atoms with Crippen LogP contribution in [0.4, 0.5) is 0 Å². The van der Waals surface area contributed by atoms with E-state index in [9.17, 15) is 19.8 Å². The van der Waals surface area contributed by atoms with Gasteiger partial charge in [0.25, 0.3) is 0 Å². The third kappa shape index (κ3) is 9.85. The summed E-state index contributed by atoms with van der Waals surface area (Å²) < 4.78 is 31.2. The van der Waals surface area contributed by atoms with E-state index >= 15 is 0 Å². The zero-order valence-electron chi connectivity index (χ0n) is 16.3. The average molecular weight is 421 g/mol. The van der Waals surface area contributed by atoms with Crippen LogP contribution in [0.25, 0.3) is 10.4 Å². The molecule has 1 rings (SSSR count). The van der Waals surface area contributed by atoms with Gasteiger partial charge in [-0.05, 0) is 5.53 Å². The van der Waals surface area contributed by atoms with Crippen LogP contribution >= 0.6 is 0 Å². The molecule has 1 fully saturated rings. The van der Waals surface area contributed by atoms with Crippen LogP contribution < -0.4 is 0 Å². The molecule has 1 aliphatic heterocycles. The smallest absolute Gasteiger partial charge is 0.303 e. The number of aliphatic hydroxyl groups excluding tert-OH is 2. The maximum atomic E-state index is 11.2. The van der Waals surface area contributed by atoms with E-state index in [1.54, 1.807) is 0 Å². The third-order valence-corrected chi connectivity index (χ3v) is 3.67. The van der Waals surface area contributed by atoms with E-state index in [0.717, 1.165) is 6.92 Å². The Morgan fingerprint density at radius 2 is 1.69 bits per heavy atom. The van der Waals surface area contributed by atoms with Gasteiger partial charge in [0.15, 0.2) is 12.4 Å². The normalized spacial score (nSPS) is 26.4. The molecule has 13 nitrogen and oxygen atoms in total. The Morgan fingerprint density at radius 1 is 1.03 bits per heavy atom. The monoisotopic (exact) mass is 421 g/mol. The Labute approximate surface area is 167 Å². The molecule has 0 aromatic carbocycles. The van der Waals surface area contributed by atoms with Gasteiger partial charge in [-0.15, -0.1) is 0 Å². The van der Waals surface area contributed by atoms with Crippen molar-refractivity contribution in [2.45, 2.75) is 44.6 Å². The molecule has 0 saturated carbocycles. The number of carbonyl (C=O) groups is 2. The highest BCUT2D eigenvalue weighted by atomic mass is 16.7. The summed E-state index contributed by atoms with van der Waals surface area (Å²) in [7, 11) is 0. The first kappa shape index (κ1) is 25.0. The lowest BCUT2D eigenvalue weighted by Crippen LogP contribution is -2.60. The Morgan fingerprint density at radius 3 is 2.31 bits per heavy atom. The highest BCUT2D eigenvalue weighted by Gasteiger charge is 2.47. The second-order valence-electron chi connectivity index (χ2n) is 5.95. The molecular weight excluding hydrogens is 394 g/mol. The van der Waals surface area contributed by atoms with Crippen molar-refractivity contribution in [3.8, 4) is 0 Å². The molecule has 0 aliphatic carbocycles. The number of rotatable bonds is 13. The van der Waals surface area contributed by atoms with Gasteiger partial charge in [0.2, 0.25) is 0 Å². The molecule has 1 saturated heterocycles. The molecule has 0 spiro atoms. The van der Waals surface area contributed by atoms with Crippen LogP contribution in [0, 0.1) is 0 Å². The summed E-state index contributed by atoms with van der Waals surface area (Å²) in [5.74, 6) is -1.27. The summed E-state index contributed by atoms with van der Waals surface area (Å²) in [4.78, 5) is 24.9. The summed E-state index contributed by atoms with van der Waals surface area (Å²) in [6.45, 7) is 3.34. The minimum Gasteiger partial charge on any atom is -0.463 e. The quantitative estimate of drug-likeness (QED) is 0.127. The number of hydrogen-bond donors (Lipinski definition) is 2. The summed E-state index contributed by atoms with van der Waals surface area (Å²) >= 11 is 0. The third-order valence-electron chi connectivity index (χ3n) is 3.67. The molecule has 0 aromatic rings. The van der Waals surface area contributed by atoms with Crippen LogP contribution in [-0.4, -0.2) is 99.0 Å². The van der Waals surface area contributed by atoms with E-state index in [0.29, 0.717) is 6.61 Å². The first-order valence-corrected chi connectivity index (χ1v) is 8.97. The molecule has 0 aromatic heterocycles. The molecule has 29 heavy (non-hydrogen) atoms. The van der Waals surface area contributed by atoms with Crippen molar-refractivity contribution in [2.24, 2.45) is 5.11 Å². The van der Waals surface area contributed by atoms with Crippen molar-refractivity contribution in [3.63, 3.8) is 0 Å².